The Kier molecular flexibility index (Phi) is 9.10. The summed E-state index contributed by atoms with van der Waals surface area (Å²) in [5.74, 6) is 2.30. The van der Waals surface area contributed by atoms with Crippen LogP contribution in [0.5, 0.6) is 0 Å². The molecule has 334 valence electrons. The molecule has 0 saturated heterocycles. The van der Waals surface area contributed by atoms with Crippen molar-refractivity contribution in [3.05, 3.63) is 223 Å². The number of para-hydroxylation sites is 2. The summed E-state index contributed by atoms with van der Waals surface area (Å²) in [6.07, 6.45) is 0. The minimum Gasteiger partial charge on any atom is -0.456 e. The fraction of sp³-hybridized carbons (Fsp3) is 0.0469. The molecule has 14 rings (SSSR count). The van der Waals surface area contributed by atoms with Gasteiger partial charge in [-0.1, -0.05) is 166 Å². The number of hydrogen-bond donors (Lipinski definition) is 0. The molecule has 9 aromatic carbocycles. The molecule has 71 heavy (non-hydrogen) atoms. The highest BCUT2D eigenvalue weighted by Crippen LogP contribution is 2.49. The van der Waals surface area contributed by atoms with E-state index in [1.54, 1.807) is 0 Å². The molecular weight excluding hydrogens is 871 g/mol. The van der Waals surface area contributed by atoms with Crippen LogP contribution in [0.2, 0.25) is 0 Å². The van der Waals surface area contributed by atoms with Gasteiger partial charge < -0.3 is 8.83 Å². The van der Waals surface area contributed by atoms with E-state index in [2.05, 4.69) is 159 Å². The van der Waals surface area contributed by atoms with Crippen molar-refractivity contribution in [1.82, 2.24) is 24.9 Å². The molecule has 0 spiro atoms. The Hall–Kier alpha value is -9.33. The lowest BCUT2D eigenvalue weighted by Crippen LogP contribution is -2.14. The molecule has 1 aliphatic rings. The van der Waals surface area contributed by atoms with Gasteiger partial charge in [-0.2, -0.15) is 0 Å². The average molecular weight is 912 g/mol. The van der Waals surface area contributed by atoms with Crippen molar-refractivity contribution in [2.24, 2.45) is 0 Å². The summed E-state index contributed by atoms with van der Waals surface area (Å²) in [7, 11) is 0. The van der Waals surface area contributed by atoms with Crippen LogP contribution in [0.3, 0.4) is 0 Å². The van der Waals surface area contributed by atoms with Gasteiger partial charge in [-0.25, -0.2) is 24.9 Å². The highest BCUT2D eigenvalue weighted by Gasteiger charge is 2.35. The molecule has 0 N–H and O–H groups in total. The van der Waals surface area contributed by atoms with Crippen molar-refractivity contribution in [3.8, 4) is 90.3 Å². The Bertz CT molecular complexity index is 4150. The molecule has 0 aliphatic heterocycles. The molecule has 0 saturated carbocycles. The SMILES string of the molecule is CC1(C)c2ccccc2-c2ccc(-c3cc(-c4cccc(-c5cccc(-c6nc(-c7ccc8c(c7)oc7ccccc78)nc(-c7ccc8c(c7)oc7ccccc78)n6)c5)c4)nc(-c4ccccc4)n3)cc21. The van der Waals surface area contributed by atoms with Crippen LogP contribution in [0.25, 0.3) is 134 Å². The van der Waals surface area contributed by atoms with Gasteiger partial charge >= 0.3 is 0 Å². The Morgan fingerprint density at radius 3 is 1.35 bits per heavy atom. The molecule has 0 radical (unpaired) electrons. The van der Waals surface area contributed by atoms with Gasteiger partial charge in [-0.3, -0.25) is 0 Å². The van der Waals surface area contributed by atoms with E-state index in [1.807, 2.05) is 66.7 Å². The van der Waals surface area contributed by atoms with Gasteiger partial charge in [0.1, 0.15) is 22.3 Å². The summed E-state index contributed by atoms with van der Waals surface area (Å²) in [5.41, 5.74) is 17.5. The first-order valence-electron chi connectivity index (χ1n) is 23.9. The normalized spacial score (nSPS) is 12.8. The van der Waals surface area contributed by atoms with E-state index in [0.717, 1.165) is 99.8 Å². The summed E-state index contributed by atoms with van der Waals surface area (Å²) in [5, 5.41) is 4.21. The average Bonchev–Trinajstić information content (AvgIpc) is 4.07. The molecule has 0 bridgehead atoms. The molecule has 0 amide bonds. The van der Waals surface area contributed by atoms with Gasteiger partial charge in [0.25, 0.3) is 0 Å². The third kappa shape index (κ3) is 6.84. The molecule has 7 nitrogen and oxygen atoms in total. The Morgan fingerprint density at radius 2 is 0.718 bits per heavy atom. The first-order valence-corrected chi connectivity index (χ1v) is 23.9. The number of furan rings is 2. The molecule has 13 aromatic rings. The minimum absolute atomic E-state index is 0.138. The second-order valence-electron chi connectivity index (χ2n) is 18.8. The number of fused-ring (bicyclic) bond motifs is 9. The number of rotatable bonds is 7. The van der Waals surface area contributed by atoms with Crippen LogP contribution < -0.4 is 0 Å². The van der Waals surface area contributed by atoms with Crippen LogP contribution in [0.4, 0.5) is 0 Å². The fourth-order valence-electron chi connectivity index (χ4n) is 10.5. The van der Waals surface area contributed by atoms with Gasteiger partial charge in [-0.05, 0) is 94.0 Å². The second kappa shape index (κ2) is 15.9. The maximum atomic E-state index is 6.33. The van der Waals surface area contributed by atoms with E-state index in [4.69, 9.17) is 33.8 Å². The van der Waals surface area contributed by atoms with Crippen molar-refractivity contribution in [2.45, 2.75) is 19.3 Å². The molecule has 0 unspecified atom stereocenters. The summed E-state index contributed by atoms with van der Waals surface area (Å²) in [4.78, 5) is 25.9. The zero-order valence-corrected chi connectivity index (χ0v) is 38.8. The van der Waals surface area contributed by atoms with Gasteiger partial charge in [0.05, 0.1) is 11.4 Å². The van der Waals surface area contributed by atoms with Gasteiger partial charge in [0.2, 0.25) is 0 Å². The third-order valence-corrected chi connectivity index (χ3v) is 14.2. The van der Waals surface area contributed by atoms with E-state index >= 15 is 0 Å². The highest BCUT2D eigenvalue weighted by atomic mass is 16.3. The van der Waals surface area contributed by atoms with Crippen molar-refractivity contribution in [2.75, 3.05) is 0 Å². The topological polar surface area (TPSA) is 90.7 Å². The summed E-state index contributed by atoms with van der Waals surface area (Å²) in [6, 6.07) is 73.4. The molecule has 4 heterocycles. The summed E-state index contributed by atoms with van der Waals surface area (Å²) in [6.45, 7) is 4.63. The highest BCUT2D eigenvalue weighted by molar-refractivity contribution is 6.07. The Labute approximate surface area is 408 Å². The number of aromatic nitrogens is 5. The molecule has 4 aromatic heterocycles. The van der Waals surface area contributed by atoms with Crippen LogP contribution in [-0.4, -0.2) is 24.9 Å². The number of benzene rings is 9. The van der Waals surface area contributed by atoms with Crippen LogP contribution in [0, 0.1) is 0 Å². The standard InChI is InChI=1S/C64H41N5O2/c1-64(2)52-23-9-6-20-46(52)47-29-26-42(34-53(47)64)55-37-54(65-60(66-55)38-14-4-3-5-15-38)41-18-12-16-39(32-41)40-17-13-19-43(33-40)61-67-62(44-27-30-50-48-21-7-10-24-56(48)70-58(50)35-44)69-63(68-61)45-28-31-51-49-22-8-11-25-57(49)71-59(51)36-45/h3-37H,1-2H3. The van der Waals surface area contributed by atoms with Gasteiger partial charge in [0, 0.05) is 60.3 Å². The maximum Gasteiger partial charge on any atom is 0.164 e. The number of nitrogens with zero attached hydrogens (tertiary/aromatic N) is 5. The minimum atomic E-state index is -0.138. The van der Waals surface area contributed by atoms with Crippen molar-refractivity contribution in [1.29, 1.82) is 0 Å². The quantitative estimate of drug-likeness (QED) is 0.157. The predicted molar refractivity (Wildman–Crippen MR) is 286 cm³/mol. The van der Waals surface area contributed by atoms with Gasteiger partial charge in [0.15, 0.2) is 23.3 Å². The van der Waals surface area contributed by atoms with E-state index in [-0.39, 0.29) is 5.41 Å². The Morgan fingerprint density at radius 1 is 0.282 bits per heavy atom. The van der Waals surface area contributed by atoms with Crippen molar-refractivity contribution in [3.63, 3.8) is 0 Å². The van der Waals surface area contributed by atoms with Crippen LogP contribution in [-0.2, 0) is 5.41 Å². The van der Waals surface area contributed by atoms with E-state index in [9.17, 15) is 0 Å². The lowest BCUT2D eigenvalue weighted by atomic mass is 9.82. The fourth-order valence-corrected chi connectivity index (χ4v) is 10.5. The third-order valence-electron chi connectivity index (χ3n) is 14.2. The van der Waals surface area contributed by atoms with Crippen LogP contribution in [0.1, 0.15) is 25.0 Å². The first-order chi connectivity index (χ1) is 34.9. The van der Waals surface area contributed by atoms with E-state index in [0.29, 0.717) is 23.3 Å². The van der Waals surface area contributed by atoms with Crippen molar-refractivity contribution >= 4 is 43.9 Å². The lowest BCUT2D eigenvalue weighted by molar-refractivity contribution is 0.660. The molecule has 1 aliphatic carbocycles. The van der Waals surface area contributed by atoms with Gasteiger partial charge in [-0.15, -0.1) is 0 Å². The summed E-state index contributed by atoms with van der Waals surface area (Å²) >= 11 is 0. The van der Waals surface area contributed by atoms with Crippen LogP contribution >= 0.6 is 0 Å². The molecule has 0 atom stereocenters. The molecule has 0 fully saturated rings. The zero-order chi connectivity index (χ0) is 47.2. The Balaban J connectivity index is 0.870. The summed E-state index contributed by atoms with van der Waals surface area (Å²) < 4.78 is 12.7. The smallest absolute Gasteiger partial charge is 0.164 e. The van der Waals surface area contributed by atoms with E-state index < -0.39 is 0 Å². The zero-order valence-electron chi connectivity index (χ0n) is 38.8. The van der Waals surface area contributed by atoms with E-state index in [1.165, 1.54) is 22.3 Å². The number of hydrogen-bond acceptors (Lipinski definition) is 7. The predicted octanol–water partition coefficient (Wildman–Crippen LogP) is 16.4. The largest absolute Gasteiger partial charge is 0.456 e. The molecule has 7 heteroatoms. The van der Waals surface area contributed by atoms with Crippen molar-refractivity contribution < 1.29 is 8.83 Å². The maximum absolute atomic E-state index is 6.33. The molecular formula is C64H41N5O2. The van der Waals surface area contributed by atoms with Crippen LogP contribution in [0.15, 0.2) is 221 Å². The first kappa shape index (κ1) is 40.7. The lowest BCUT2D eigenvalue weighted by Gasteiger charge is -2.22. The second-order valence-corrected chi connectivity index (χ2v) is 18.8. The monoisotopic (exact) mass is 911 g/mol.